The third-order valence-electron chi connectivity index (χ3n) is 4.85. The monoisotopic (exact) mass is 335 g/mol. The Balaban J connectivity index is 1.60. The van der Waals surface area contributed by atoms with Gasteiger partial charge in [0.1, 0.15) is 9.84 Å². The van der Waals surface area contributed by atoms with Crippen molar-refractivity contribution in [2.45, 2.75) is 38.5 Å². The lowest BCUT2D eigenvalue weighted by molar-refractivity contribution is 0.475. The molecule has 5 nitrogen and oxygen atoms in total. The van der Waals surface area contributed by atoms with Gasteiger partial charge in [0.25, 0.3) is 0 Å². The Morgan fingerprint density at radius 1 is 1.22 bits per heavy atom. The number of nitrogens with zero attached hydrogens (tertiary/aromatic N) is 1. The first kappa shape index (κ1) is 16.3. The van der Waals surface area contributed by atoms with E-state index < -0.39 is 9.84 Å². The molecule has 1 aliphatic heterocycles. The molecule has 3 N–H and O–H groups in total. The predicted molar refractivity (Wildman–Crippen MR) is 94.6 cm³/mol. The van der Waals surface area contributed by atoms with Crippen molar-refractivity contribution in [1.29, 1.82) is 0 Å². The van der Waals surface area contributed by atoms with Gasteiger partial charge in [-0.05, 0) is 61.6 Å². The smallest absolute Gasteiger partial charge is 0.193 e. The van der Waals surface area contributed by atoms with Crippen molar-refractivity contribution in [2.24, 2.45) is 16.6 Å². The average Bonchev–Trinajstić information content (AvgIpc) is 2.54. The first-order chi connectivity index (χ1) is 11.0. The van der Waals surface area contributed by atoms with Crippen LogP contribution in [0.4, 0.5) is 5.69 Å². The van der Waals surface area contributed by atoms with Crippen LogP contribution in [0, 0.1) is 5.92 Å². The van der Waals surface area contributed by atoms with Crippen LogP contribution in [0.1, 0.15) is 36.8 Å². The molecule has 0 saturated carbocycles. The number of aryl methyl sites for hydroxylation is 1. The maximum Gasteiger partial charge on any atom is 0.193 e. The van der Waals surface area contributed by atoms with Crippen LogP contribution in [0.5, 0.6) is 0 Å². The summed E-state index contributed by atoms with van der Waals surface area (Å²) in [6.07, 6.45) is 6.09. The Bertz CT molecular complexity index is 684. The zero-order chi connectivity index (χ0) is 16.3. The van der Waals surface area contributed by atoms with E-state index in [9.17, 15) is 8.42 Å². The molecule has 1 heterocycles. The first-order valence-electron chi connectivity index (χ1n) is 8.42. The molecule has 0 radical (unpaired) electrons. The molecule has 3 rings (SSSR count). The van der Waals surface area contributed by atoms with Crippen LogP contribution in [0.15, 0.2) is 23.2 Å². The molecule has 0 spiro atoms. The van der Waals surface area contributed by atoms with Gasteiger partial charge in [0.05, 0.1) is 11.5 Å². The summed E-state index contributed by atoms with van der Waals surface area (Å²) < 4.78 is 22.9. The fraction of sp³-hybridized carbons (Fsp3) is 0.588. The minimum absolute atomic E-state index is 0.284. The quantitative estimate of drug-likeness (QED) is 0.654. The van der Waals surface area contributed by atoms with Gasteiger partial charge in [-0.2, -0.15) is 0 Å². The molecular weight excluding hydrogens is 310 g/mol. The number of rotatable bonds is 3. The van der Waals surface area contributed by atoms with E-state index in [-0.39, 0.29) is 11.5 Å². The Kier molecular flexibility index (Phi) is 4.90. The molecule has 1 aromatic carbocycles. The molecule has 0 aromatic heterocycles. The third-order valence-corrected chi connectivity index (χ3v) is 6.57. The summed E-state index contributed by atoms with van der Waals surface area (Å²) in [4.78, 5) is 4.43. The van der Waals surface area contributed by atoms with Crippen LogP contribution >= 0.6 is 0 Å². The lowest BCUT2D eigenvalue weighted by Gasteiger charge is -2.21. The van der Waals surface area contributed by atoms with Crippen molar-refractivity contribution in [3.63, 3.8) is 0 Å². The number of nitrogens with one attached hydrogen (secondary N) is 1. The zero-order valence-corrected chi connectivity index (χ0v) is 14.2. The molecule has 0 amide bonds. The van der Waals surface area contributed by atoms with Gasteiger partial charge in [-0.3, -0.25) is 4.99 Å². The van der Waals surface area contributed by atoms with Gasteiger partial charge in [0, 0.05) is 12.2 Å². The van der Waals surface area contributed by atoms with Gasteiger partial charge in [-0.25, -0.2) is 8.42 Å². The maximum absolute atomic E-state index is 11.4. The number of aliphatic imine (C=N–C) groups is 1. The fourth-order valence-corrected chi connectivity index (χ4v) is 5.01. The van der Waals surface area contributed by atoms with E-state index in [4.69, 9.17) is 5.73 Å². The number of benzene rings is 1. The van der Waals surface area contributed by atoms with Crippen molar-refractivity contribution in [3.8, 4) is 0 Å². The van der Waals surface area contributed by atoms with Crippen LogP contribution in [0.25, 0.3) is 0 Å². The number of hydrogen-bond donors (Lipinski definition) is 2. The van der Waals surface area contributed by atoms with Gasteiger partial charge in [-0.15, -0.1) is 0 Å². The fourth-order valence-electron chi connectivity index (χ4n) is 3.42. The lowest BCUT2D eigenvalue weighted by Crippen LogP contribution is -2.28. The molecule has 1 aliphatic carbocycles. The van der Waals surface area contributed by atoms with E-state index in [0.717, 1.165) is 18.5 Å². The molecule has 6 heteroatoms. The highest BCUT2D eigenvalue weighted by molar-refractivity contribution is 7.91. The van der Waals surface area contributed by atoms with Crippen LogP contribution in [-0.4, -0.2) is 32.4 Å². The summed E-state index contributed by atoms with van der Waals surface area (Å²) in [6.45, 7) is 0.601. The van der Waals surface area contributed by atoms with Gasteiger partial charge >= 0.3 is 0 Å². The summed E-state index contributed by atoms with van der Waals surface area (Å²) in [6, 6.07) is 6.31. The SMILES string of the molecule is NC(=NCC1CCS(=O)(=O)CC1)Nc1cccc2c1CCCC2. The molecule has 1 aromatic rings. The van der Waals surface area contributed by atoms with Crippen LogP contribution in [0.3, 0.4) is 0 Å². The van der Waals surface area contributed by atoms with E-state index in [1.165, 1.54) is 24.0 Å². The van der Waals surface area contributed by atoms with E-state index in [1.807, 2.05) is 0 Å². The summed E-state index contributed by atoms with van der Waals surface area (Å²) in [5.41, 5.74) is 9.87. The van der Waals surface area contributed by atoms with Gasteiger partial charge in [0.2, 0.25) is 0 Å². The normalized spacial score (nSPS) is 21.7. The van der Waals surface area contributed by atoms with Crippen molar-refractivity contribution >= 4 is 21.5 Å². The Morgan fingerprint density at radius 2 is 1.96 bits per heavy atom. The number of guanidine groups is 1. The first-order valence-corrected chi connectivity index (χ1v) is 10.2. The van der Waals surface area contributed by atoms with Gasteiger partial charge in [0.15, 0.2) is 5.96 Å². The second kappa shape index (κ2) is 6.91. The van der Waals surface area contributed by atoms with Crippen LogP contribution < -0.4 is 11.1 Å². The molecule has 2 aliphatic rings. The molecule has 23 heavy (non-hydrogen) atoms. The molecule has 0 bridgehead atoms. The Hall–Kier alpha value is -1.56. The zero-order valence-electron chi connectivity index (χ0n) is 13.4. The summed E-state index contributed by atoms with van der Waals surface area (Å²) in [7, 11) is -2.81. The van der Waals surface area contributed by atoms with Crippen molar-refractivity contribution in [2.75, 3.05) is 23.4 Å². The molecule has 0 unspecified atom stereocenters. The Labute approximate surface area is 138 Å². The molecule has 1 fully saturated rings. The molecule has 1 saturated heterocycles. The van der Waals surface area contributed by atoms with Crippen molar-refractivity contribution in [1.82, 2.24) is 0 Å². The van der Waals surface area contributed by atoms with Crippen molar-refractivity contribution < 1.29 is 8.42 Å². The second-order valence-corrected chi connectivity index (χ2v) is 8.90. The summed E-state index contributed by atoms with van der Waals surface area (Å²) in [5, 5.41) is 3.24. The van der Waals surface area contributed by atoms with Crippen LogP contribution in [-0.2, 0) is 22.7 Å². The largest absolute Gasteiger partial charge is 0.370 e. The number of anilines is 1. The highest BCUT2D eigenvalue weighted by Gasteiger charge is 2.23. The highest BCUT2D eigenvalue weighted by atomic mass is 32.2. The number of sulfone groups is 1. The lowest BCUT2D eigenvalue weighted by atomic mass is 9.90. The standard InChI is InChI=1S/C17H25N3O2S/c18-17(19-12-13-8-10-23(21,22)11-9-13)20-16-7-3-5-14-4-1-2-6-15(14)16/h3,5,7,13H,1-2,4,6,8-12H2,(H3,18,19,20). The van der Waals surface area contributed by atoms with Crippen molar-refractivity contribution in [3.05, 3.63) is 29.3 Å². The van der Waals surface area contributed by atoms with E-state index >= 15 is 0 Å². The topological polar surface area (TPSA) is 84.5 Å². The molecular formula is C17H25N3O2S. The molecule has 0 atom stereocenters. The number of hydrogen-bond acceptors (Lipinski definition) is 3. The van der Waals surface area contributed by atoms with Crippen LogP contribution in [0.2, 0.25) is 0 Å². The van der Waals surface area contributed by atoms with E-state index in [0.29, 0.717) is 31.3 Å². The number of nitrogens with two attached hydrogens (primary N) is 1. The Morgan fingerprint density at radius 3 is 2.74 bits per heavy atom. The van der Waals surface area contributed by atoms with Gasteiger partial charge in [-0.1, -0.05) is 12.1 Å². The average molecular weight is 335 g/mol. The second-order valence-electron chi connectivity index (χ2n) is 6.60. The minimum atomic E-state index is -2.81. The predicted octanol–water partition coefficient (Wildman–Crippen LogP) is 2.12. The maximum atomic E-state index is 11.4. The van der Waals surface area contributed by atoms with E-state index in [1.54, 1.807) is 0 Å². The third kappa shape index (κ3) is 4.25. The summed E-state index contributed by atoms with van der Waals surface area (Å²) in [5.74, 6) is 1.32. The van der Waals surface area contributed by atoms with E-state index in [2.05, 4.69) is 28.5 Å². The molecule has 126 valence electrons. The number of fused-ring (bicyclic) bond motifs is 1. The summed E-state index contributed by atoms with van der Waals surface area (Å²) >= 11 is 0. The minimum Gasteiger partial charge on any atom is -0.370 e. The highest BCUT2D eigenvalue weighted by Crippen LogP contribution is 2.27. The van der Waals surface area contributed by atoms with Gasteiger partial charge < -0.3 is 11.1 Å².